The van der Waals surface area contributed by atoms with Crippen LogP contribution in [-0.4, -0.2) is 63.9 Å². The largest absolute Gasteiger partial charge is 0.389 e. The van der Waals surface area contributed by atoms with Gasteiger partial charge in [0.1, 0.15) is 0 Å². The van der Waals surface area contributed by atoms with E-state index in [4.69, 9.17) is 12.7 Å². The van der Waals surface area contributed by atoms with Gasteiger partial charge in [-0.15, -0.1) is 0 Å². The van der Waals surface area contributed by atoms with Crippen molar-refractivity contribution < 1.29 is 9.84 Å². The molecule has 0 bridgehead atoms. The van der Waals surface area contributed by atoms with Crippen LogP contribution in [0.15, 0.2) is 6.07 Å². The average Bonchev–Trinajstić information content (AvgIpc) is 2.75. The molecule has 0 aliphatic carbocycles. The zero-order valence-corrected chi connectivity index (χ0v) is 15.1. The molecule has 1 N–H and O–H groups in total. The van der Waals surface area contributed by atoms with Gasteiger partial charge in [0.2, 0.25) is 0 Å². The Morgan fingerprint density at radius 2 is 2.00 bits per heavy atom. The Morgan fingerprint density at radius 3 is 2.75 bits per heavy atom. The fraction of sp³-hybridized carbons (Fsp3) is 0.684. The van der Waals surface area contributed by atoms with Crippen LogP contribution in [0.5, 0.6) is 0 Å². The Morgan fingerprint density at radius 1 is 1.21 bits per heavy atom. The van der Waals surface area contributed by atoms with E-state index < -0.39 is 6.10 Å². The summed E-state index contributed by atoms with van der Waals surface area (Å²) in [5.74, 6) is 0. The van der Waals surface area contributed by atoms with E-state index in [0.717, 1.165) is 51.7 Å². The van der Waals surface area contributed by atoms with Gasteiger partial charge in [0, 0.05) is 25.9 Å². The van der Waals surface area contributed by atoms with Crippen LogP contribution in [0.1, 0.15) is 35.6 Å². The van der Waals surface area contributed by atoms with Crippen molar-refractivity contribution in [3.8, 4) is 0 Å². The number of aliphatic hydroxyl groups excluding tert-OH is 1. The predicted octanol–water partition coefficient (Wildman–Crippen LogP) is 1.49. The summed E-state index contributed by atoms with van der Waals surface area (Å²) in [7, 11) is 7.70. The van der Waals surface area contributed by atoms with Gasteiger partial charge in [-0.25, -0.2) is 0 Å². The lowest BCUT2D eigenvalue weighted by atomic mass is 9.87. The average molecular weight is 328 g/mol. The number of hydrogen-bond acceptors (Lipinski definition) is 4. The molecule has 0 spiro atoms. The molecule has 1 unspecified atom stereocenters. The van der Waals surface area contributed by atoms with Gasteiger partial charge in [-0.05, 0) is 67.4 Å². The summed E-state index contributed by atoms with van der Waals surface area (Å²) in [5.41, 5.74) is 7.28. The van der Waals surface area contributed by atoms with Crippen LogP contribution in [0.3, 0.4) is 0 Å². The van der Waals surface area contributed by atoms with Gasteiger partial charge in [0.25, 0.3) is 0 Å². The minimum absolute atomic E-state index is 0.389. The Kier molecular flexibility index (Phi) is 5.85. The molecule has 0 saturated carbocycles. The molecule has 2 heterocycles. The first kappa shape index (κ1) is 17.8. The fourth-order valence-electron chi connectivity index (χ4n) is 4.28. The molecule has 3 rings (SSSR count). The number of benzene rings is 1. The van der Waals surface area contributed by atoms with Gasteiger partial charge in [0.15, 0.2) is 7.98 Å². The second-order valence-corrected chi connectivity index (χ2v) is 7.05. The van der Waals surface area contributed by atoms with Gasteiger partial charge >= 0.3 is 0 Å². The first-order valence-corrected chi connectivity index (χ1v) is 9.22. The number of methoxy groups -OCH3 is 1. The summed E-state index contributed by atoms with van der Waals surface area (Å²) in [4.78, 5) is 4.32. The summed E-state index contributed by atoms with van der Waals surface area (Å²) < 4.78 is 5.11. The number of nitrogens with zero attached hydrogens (tertiary/aromatic N) is 2. The van der Waals surface area contributed by atoms with E-state index in [1.807, 2.05) is 4.81 Å². The van der Waals surface area contributed by atoms with Crippen molar-refractivity contribution in [2.24, 2.45) is 0 Å². The second-order valence-electron chi connectivity index (χ2n) is 7.05. The van der Waals surface area contributed by atoms with Crippen LogP contribution in [0, 0.1) is 0 Å². The standard InChI is InChI=1S/C19H29BN2O2/c1-3-17-18-7-10-22(20)9-6-14(18)11-15-5-4-8-21(19(15)17)12-16(23)13-24-2/h11,16,23H,3-10,12-13H2,1-2H3. The maximum absolute atomic E-state index is 10.2. The topological polar surface area (TPSA) is 35.9 Å². The number of ether oxygens (including phenoxy) is 1. The molecule has 0 fully saturated rings. The number of rotatable bonds is 5. The minimum Gasteiger partial charge on any atom is -0.389 e. The highest BCUT2D eigenvalue weighted by Gasteiger charge is 2.26. The van der Waals surface area contributed by atoms with Gasteiger partial charge in [0.05, 0.1) is 12.7 Å². The number of aryl methyl sites for hydroxylation is 1. The minimum atomic E-state index is -0.441. The highest BCUT2D eigenvalue weighted by Crippen LogP contribution is 2.37. The van der Waals surface area contributed by atoms with Crippen molar-refractivity contribution >= 4 is 13.7 Å². The normalized spacial score (nSPS) is 19.5. The Balaban J connectivity index is 1.98. The van der Waals surface area contributed by atoms with Gasteiger partial charge < -0.3 is 19.6 Å². The van der Waals surface area contributed by atoms with E-state index in [-0.39, 0.29) is 0 Å². The smallest absolute Gasteiger partial charge is 0.182 e. The molecule has 1 aromatic rings. The highest BCUT2D eigenvalue weighted by molar-refractivity contribution is 6.04. The molecular formula is C19H29BN2O2. The highest BCUT2D eigenvalue weighted by atomic mass is 16.5. The number of hydrogen-bond donors (Lipinski definition) is 1. The van der Waals surface area contributed by atoms with Gasteiger partial charge in [-0.1, -0.05) is 13.0 Å². The fourth-order valence-corrected chi connectivity index (χ4v) is 4.28. The number of fused-ring (bicyclic) bond motifs is 2. The zero-order valence-electron chi connectivity index (χ0n) is 15.1. The van der Waals surface area contributed by atoms with Crippen LogP contribution in [-0.2, 0) is 30.4 Å². The molecule has 0 saturated heterocycles. The van der Waals surface area contributed by atoms with Crippen LogP contribution in [0.2, 0.25) is 0 Å². The summed E-state index contributed by atoms with van der Waals surface area (Å²) in [5, 5.41) is 10.2. The van der Waals surface area contributed by atoms with Crippen molar-refractivity contribution in [1.29, 1.82) is 0 Å². The molecule has 2 aliphatic heterocycles. The molecule has 2 aliphatic rings. The molecule has 2 radical (unpaired) electrons. The van der Waals surface area contributed by atoms with Crippen molar-refractivity contribution in [2.45, 2.75) is 45.1 Å². The van der Waals surface area contributed by atoms with Crippen molar-refractivity contribution in [2.75, 3.05) is 44.8 Å². The maximum Gasteiger partial charge on any atom is 0.182 e. The van der Waals surface area contributed by atoms with Crippen molar-refractivity contribution in [3.05, 3.63) is 28.3 Å². The van der Waals surface area contributed by atoms with Gasteiger partial charge in [-0.2, -0.15) is 0 Å². The Bertz CT molecular complexity index is 579. The van der Waals surface area contributed by atoms with Crippen LogP contribution < -0.4 is 4.90 Å². The van der Waals surface area contributed by atoms with E-state index in [2.05, 4.69) is 17.9 Å². The lowest BCUT2D eigenvalue weighted by Gasteiger charge is -2.36. The summed E-state index contributed by atoms with van der Waals surface area (Å²) in [6, 6.07) is 2.41. The second kappa shape index (κ2) is 7.90. The first-order valence-electron chi connectivity index (χ1n) is 9.22. The Labute approximate surface area is 147 Å². The summed E-state index contributed by atoms with van der Waals surface area (Å²) in [6.45, 7) is 6.16. The molecular weight excluding hydrogens is 299 g/mol. The molecule has 0 amide bonds. The van der Waals surface area contributed by atoms with E-state index >= 15 is 0 Å². The third kappa shape index (κ3) is 3.63. The third-order valence-corrected chi connectivity index (χ3v) is 5.34. The van der Waals surface area contributed by atoms with Crippen molar-refractivity contribution in [3.63, 3.8) is 0 Å². The third-order valence-electron chi connectivity index (χ3n) is 5.34. The molecule has 24 heavy (non-hydrogen) atoms. The molecule has 130 valence electrons. The molecule has 5 heteroatoms. The quantitative estimate of drug-likeness (QED) is 0.831. The maximum atomic E-state index is 10.2. The monoisotopic (exact) mass is 328 g/mol. The van der Waals surface area contributed by atoms with Gasteiger partial charge in [-0.3, -0.25) is 0 Å². The van der Waals surface area contributed by atoms with E-state index in [1.54, 1.807) is 7.11 Å². The van der Waals surface area contributed by atoms with E-state index in [9.17, 15) is 5.11 Å². The van der Waals surface area contributed by atoms with E-state index in [0.29, 0.717) is 13.2 Å². The number of β-amino-alcohol motifs (C(OH)–C–C–N with tert-alkyl or cyclic N) is 1. The number of anilines is 1. The van der Waals surface area contributed by atoms with Crippen LogP contribution in [0.25, 0.3) is 0 Å². The van der Waals surface area contributed by atoms with Crippen LogP contribution >= 0.6 is 0 Å². The molecule has 4 nitrogen and oxygen atoms in total. The molecule has 1 aromatic carbocycles. The SMILES string of the molecule is [B]N1CCc2cc3c(c(CC)c2CC1)N(CC(O)COC)CCC3. The zero-order chi connectivity index (χ0) is 17.1. The summed E-state index contributed by atoms with van der Waals surface area (Å²) >= 11 is 0. The lowest BCUT2D eigenvalue weighted by Crippen LogP contribution is -2.39. The molecule has 1 atom stereocenters. The van der Waals surface area contributed by atoms with Crippen LogP contribution in [0.4, 0.5) is 5.69 Å². The molecule has 0 aromatic heterocycles. The number of aliphatic hydroxyl groups is 1. The Hall–Kier alpha value is -1.04. The summed E-state index contributed by atoms with van der Waals surface area (Å²) in [6.07, 6.45) is 4.95. The predicted molar refractivity (Wildman–Crippen MR) is 99.0 cm³/mol. The first-order chi connectivity index (χ1) is 11.6. The van der Waals surface area contributed by atoms with E-state index in [1.165, 1.54) is 27.9 Å². The van der Waals surface area contributed by atoms with Crippen molar-refractivity contribution in [1.82, 2.24) is 4.81 Å². The lowest BCUT2D eigenvalue weighted by molar-refractivity contribution is 0.0686.